The van der Waals surface area contributed by atoms with Crippen LogP contribution < -0.4 is 0 Å². The highest BCUT2D eigenvalue weighted by Crippen LogP contribution is 2.32. The van der Waals surface area contributed by atoms with Gasteiger partial charge in [0.1, 0.15) is 5.82 Å². The summed E-state index contributed by atoms with van der Waals surface area (Å²) in [5.74, 6) is 1.13. The predicted molar refractivity (Wildman–Crippen MR) is 105 cm³/mol. The fourth-order valence-electron chi connectivity index (χ4n) is 3.78. The summed E-state index contributed by atoms with van der Waals surface area (Å²) in [4.78, 5) is 14.7. The van der Waals surface area contributed by atoms with Gasteiger partial charge in [-0.2, -0.15) is 0 Å². The molecule has 0 unspecified atom stereocenters. The number of aromatic amines is 1. The molecule has 0 bridgehead atoms. The van der Waals surface area contributed by atoms with Crippen LogP contribution in [0.1, 0.15) is 41.6 Å². The van der Waals surface area contributed by atoms with Gasteiger partial charge in [-0.25, -0.2) is 4.98 Å². The molecule has 4 nitrogen and oxygen atoms in total. The Labute approximate surface area is 153 Å². The van der Waals surface area contributed by atoms with Crippen molar-refractivity contribution in [1.29, 1.82) is 0 Å². The monoisotopic (exact) mass is 354 g/mol. The lowest BCUT2D eigenvalue weighted by atomic mass is 10.0. The smallest absolute Gasteiger partial charge is 0.124 e. The molecule has 1 saturated heterocycles. The molecule has 1 aromatic carbocycles. The number of likely N-dealkylation sites (tertiary alicyclic amines) is 1. The van der Waals surface area contributed by atoms with Crippen LogP contribution in [0.25, 0.3) is 11.0 Å². The van der Waals surface area contributed by atoms with Crippen LogP contribution in [-0.4, -0.2) is 40.4 Å². The molecule has 0 saturated carbocycles. The van der Waals surface area contributed by atoms with E-state index < -0.39 is 0 Å². The number of hydrogen-bond donors (Lipinski definition) is 1. The van der Waals surface area contributed by atoms with Crippen LogP contribution >= 0.6 is 11.3 Å². The van der Waals surface area contributed by atoms with Gasteiger partial charge < -0.3 is 9.88 Å². The predicted octanol–water partition coefficient (Wildman–Crippen LogP) is 4.41. The van der Waals surface area contributed by atoms with E-state index in [0.717, 1.165) is 36.5 Å². The van der Waals surface area contributed by atoms with Gasteiger partial charge in [0, 0.05) is 18.0 Å². The molecule has 1 atom stereocenters. The molecule has 25 heavy (non-hydrogen) atoms. The van der Waals surface area contributed by atoms with E-state index in [2.05, 4.69) is 64.6 Å². The molecule has 1 aliphatic heterocycles. The Balaban J connectivity index is 1.53. The van der Waals surface area contributed by atoms with Gasteiger partial charge in [0.2, 0.25) is 0 Å². The zero-order chi connectivity index (χ0) is 17.2. The molecule has 3 aromatic rings. The van der Waals surface area contributed by atoms with E-state index >= 15 is 0 Å². The van der Waals surface area contributed by atoms with Gasteiger partial charge in [-0.05, 0) is 62.6 Å². The molecular formula is C20H26N4S. The maximum atomic E-state index is 4.87. The average molecular weight is 355 g/mol. The van der Waals surface area contributed by atoms with Gasteiger partial charge in [-0.1, -0.05) is 18.6 Å². The van der Waals surface area contributed by atoms with Crippen molar-refractivity contribution in [3.63, 3.8) is 0 Å². The minimum atomic E-state index is 0.403. The molecule has 2 aromatic heterocycles. The largest absolute Gasteiger partial charge is 0.341 e. The van der Waals surface area contributed by atoms with E-state index in [4.69, 9.17) is 4.98 Å². The number of H-pyrrole nitrogens is 1. The SMILES string of the molecule is CN(C)Cc1csc(CN2CCCC[C@H]2c2nc3ccccc3[nH]2)c1. The molecule has 1 aliphatic rings. The molecule has 5 heteroatoms. The molecule has 0 spiro atoms. The van der Waals surface area contributed by atoms with Crippen molar-refractivity contribution in [3.8, 4) is 0 Å². The number of imidazole rings is 1. The standard InChI is InChI=1S/C20H26N4S/c1-23(2)12-15-11-16(25-14-15)13-24-10-6-5-9-19(24)20-21-17-7-3-4-8-18(17)22-20/h3-4,7-8,11,14,19H,5-6,9-10,12-13H2,1-2H3,(H,21,22)/t19-/m0/s1. The molecule has 0 aliphatic carbocycles. The highest BCUT2D eigenvalue weighted by atomic mass is 32.1. The second-order valence-electron chi connectivity index (χ2n) is 7.28. The number of rotatable bonds is 5. The van der Waals surface area contributed by atoms with Crippen LogP contribution in [0.5, 0.6) is 0 Å². The normalized spacial score (nSPS) is 19.1. The van der Waals surface area contributed by atoms with Gasteiger partial charge in [-0.15, -0.1) is 11.3 Å². The Morgan fingerprint density at radius 3 is 3.00 bits per heavy atom. The maximum absolute atomic E-state index is 4.87. The first-order valence-electron chi connectivity index (χ1n) is 9.09. The van der Waals surface area contributed by atoms with E-state index in [9.17, 15) is 0 Å². The fourth-order valence-corrected chi connectivity index (χ4v) is 4.68. The number of nitrogens with one attached hydrogen (secondary N) is 1. The number of hydrogen-bond acceptors (Lipinski definition) is 4. The van der Waals surface area contributed by atoms with E-state index in [1.165, 1.54) is 29.7 Å². The van der Waals surface area contributed by atoms with Crippen molar-refractivity contribution in [2.24, 2.45) is 0 Å². The van der Waals surface area contributed by atoms with Crippen LogP contribution in [0, 0.1) is 0 Å². The van der Waals surface area contributed by atoms with Crippen LogP contribution in [-0.2, 0) is 13.1 Å². The van der Waals surface area contributed by atoms with Gasteiger partial charge >= 0.3 is 0 Å². The van der Waals surface area contributed by atoms with E-state index in [-0.39, 0.29) is 0 Å². The van der Waals surface area contributed by atoms with Gasteiger partial charge in [-0.3, -0.25) is 4.90 Å². The summed E-state index contributed by atoms with van der Waals surface area (Å²) in [7, 11) is 4.25. The number of nitrogens with zero attached hydrogens (tertiary/aromatic N) is 3. The van der Waals surface area contributed by atoms with Crippen molar-refractivity contribution in [2.75, 3.05) is 20.6 Å². The van der Waals surface area contributed by atoms with Crippen LogP contribution in [0.3, 0.4) is 0 Å². The Kier molecular flexibility index (Phi) is 4.88. The molecular weight excluding hydrogens is 328 g/mol. The Hall–Kier alpha value is -1.69. The quantitative estimate of drug-likeness (QED) is 0.737. The second kappa shape index (κ2) is 7.28. The first kappa shape index (κ1) is 16.8. The first-order chi connectivity index (χ1) is 12.2. The number of piperidine rings is 1. The number of thiophene rings is 1. The second-order valence-corrected chi connectivity index (χ2v) is 8.28. The van der Waals surface area contributed by atoms with Crippen molar-refractivity contribution in [2.45, 2.75) is 38.4 Å². The maximum Gasteiger partial charge on any atom is 0.124 e. The van der Waals surface area contributed by atoms with Crippen LogP contribution in [0.15, 0.2) is 35.7 Å². The van der Waals surface area contributed by atoms with E-state index in [0.29, 0.717) is 6.04 Å². The lowest BCUT2D eigenvalue weighted by Crippen LogP contribution is -2.33. The summed E-state index contributed by atoms with van der Waals surface area (Å²) in [6, 6.07) is 11.1. The third-order valence-corrected chi connectivity index (χ3v) is 5.87. The molecule has 0 radical (unpaired) electrons. The van der Waals surface area contributed by atoms with E-state index in [1.807, 2.05) is 11.3 Å². The molecule has 1 N–H and O–H groups in total. The summed E-state index contributed by atoms with van der Waals surface area (Å²) in [6.45, 7) is 3.20. The number of benzene rings is 1. The van der Waals surface area contributed by atoms with Crippen LogP contribution in [0.4, 0.5) is 0 Å². The lowest BCUT2D eigenvalue weighted by molar-refractivity contribution is 0.136. The van der Waals surface area contributed by atoms with Crippen molar-refractivity contribution in [3.05, 3.63) is 52.0 Å². The molecule has 132 valence electrons. The number of fused-ring (bicyclic) bond motifs is 1. The summed E-state index contributed by atoms with van der Waals surface area (Å²) in [6.07, 6.45) is 3.76. The summed E-state index contributed by atoms with van der Waals surface area (Å²) in [5, 5.41) is 2.30. The zero-order valence-electron chi connectivity index (χ0n) is 15.0. The Bertz CT molecular complexity index is 802. The van der Waals surface area contributed by atoms with Gasteiger partial charge in [0.05, 0.1) is 17.1 Å². The summed E-state index contributed by atoms with van der Waals surface area (Å²) >= 11 is 1.89. The third-order valence-electron chi connectivity index (χ3n) is 4.90. The van der Waals surface area contributed by atoms with Gasteiger partial charge in [0.15, 0.2) is 0 Å². The molecule has 0 amide bonds. The Morgan fingerprint density at radius 2 is 2.16 bits per heavy atom. The zero-order valence-corrected chi connectivity index (χ0v) is 15.9. The van der Waals surface area contributed by atoms with Gasteiger partial charge in [0.25, 0.3) is 0 Å². The Morgan fingerprint density at radius 1 is 1.28 bits per heavy atom. The lowest BCUT2D eigenvalue weighted by Gasteiger charge is -2.34. The fraction of sp³-hybridized carbons (Fsp3) is 0.450. The van der Waals surface area contributed by atoms with Crippen molar-refractivity contribution < 1.29 is 0 Å². The molecule has 3 heterocycles. The average Bonchev–Trinajstić information content (AvgIpc) is 3.21. The topological polar surface area (TPSA) is 35.2 Å². The minimum absolute atomic E-state index is 0.403. The molecule has 1 fully saturated rings. The van der Waals surface area contributed by atoms with Crippen molar-refractivity contribution in [1.82, 2.24) is 19.8 Å². The van der Waals surface area contributed by atoms with Crippen molar-refractivity contribution >= 4 is 22.4 Å². The minimum Gasteiger partial charge on any atom is -0.341 e. The van der Waals surface area contributed by atoms with Crippen LogP contribution in [0.2, 0.25) is 0 Å². The summed E-state index contributed by atoms with van der Waals surface area (Å²) in [5.41, 5.74) is 3.64. The highest BCUT2D eigenvalue weighted by Gasteiger charge is 2.26. The van der Waals surface area contributed by atoms with E-state index in [1.54, 1.807) is 0 Å². The highest BCUT2D eigenvalue weighted by molar-refractivity contribution is 7.10. The number of para-hydroxylation sites is 2. The third kappa shape index (κ3) is 3.78. The first-order valence-corrected chi connectivity index (χ1v) is 9.97. The summed E-state index contributed by atoms with van der Waals surface area (Å²) < 4.78 is 0. The number of aromatic nitrogens is 2. The molecule has 4 rings (SSSR count).